The average Bonchev–Trinajstić information content (AvgIpc) is 3.26. The monoisotopic (exact) mass is 352 g/mol. The Hall–Kier alpha value is -3.00. The molecule has 8 nitrogen and oxygen atoms in total. The van der Waals surface area contributed by atoms with Crippen LogP contribution in [0.5, 0.6) is 0 Å². The molecule has 2 heterocycles. The van der Waals surface area contributed by atoms with Crippen molar-refractivity contribution in [2.45, 2.75) is 38.5 Å². The van der Waals surface area contributed by atoms with Crippen LogP contribution in [-0.4, -0.2) is 47.7 Å². The van der Waals surface area contributed by atoms with E-state index in [1.54, 1.807) is 28.1 Å². The first-order valence-corrected chi connectivity index (χ1v) is 8.48. The standard InChI is InChI=1S/C18H20N6O2/c1-11-3-4-15(23-9-19-20-10-23)13(5-11)18(26)22-14-6-16(25)17(14)24-8-12(2)7-21-24/h3-5,7-10,14,16-17,25H,6H2,1-2H3,(H,22,26)/t14-,16+,17+/m0/s1. The molecule has 2 N–H and O–H groups in total. The van der Waals surface area contributed by atoms with Gasteiger partial charge in [-0.15, -0.1) is 10.2 Å². The molecular formula is C18H20N6O2. The number of aryl methyl sites for hydroxylation is 2. The van der Waals surface area contributed by atoms with Gasteiger partial charge in [0, 0.05) is 6.20 Å². The number of carbonyl (C=O) groups excluding carboxylic acids is 1. The van der Waals surface area contributed by atoms with Crippen LogP contribution in [0.2, 0.25) is 0 Å². The van der Waals surface area contributed by atoms with Crippen LogP contribution in [0, 0.1) is 13.8 Å². The minimum absolute atomic E-state index is 0.175. The number of benzene rings is 1. The van der Waals surface area contributed by atoms with Crippen molar-refractivity contribution in [1.82, 2.24) is 29.9 Å². The Kier molecular flexibility index (Phi) is 4.04. The lowest BCUT2D eigenvalue weighted by molar-refractivity contribution is -0.00590. The average molecular weight is 352 g/mol. The smallest absolute Gasteiger partial charge is 0.253 e. The summed E-state index contributed by atoms with van der Waals surface area (Å²) in [5.74, 6) is -0.192. The summed E-state index contributed by atoms with van der Waals surface area (Å²) in [7, 11) is 0. The fourth-order valence-electron chi connectivity index (χ4n) is 3.34. The minimum Gasteiger partial charge on any atom is -0.391 e. The molecule has 0 saturated heterocycles. The molecule has 1 aliphatic carbocycles. The number of carbonyl (C=O) groups is 1. The third-order valence-electron chi connectivity index (χ3n) is 4.75. The highest BCUT2D eigenvalue weighted by Gasteiger charge is 2.43. The molecule has 3 atom stereocenters. The largest absolute Gasteiger partial charge is 0.391 e. The van der Waals surface area contributed by atoms with Crippen LogP contribution >= 0.6 is 0 Å². The molecule has 3 aromatic rings. The SMILES string of the molecule is Cc1ccc(-n2cnnc2)c(C(=O)N[C@H]2C[C@@H](O)[C@@H]2n2cc(C)cn2)c1. The number of nitrogens with one attached hydrogen (secondary N) is 1. The van der Waals surface area contributed by atoms with E-state index in [-0.39, 0.29) is 18.0 Å². The van der Waals surface area contributed by atoms with Crippen molar-refractivity contribution >= 4 is 5.91 Å². The predicted molar refractivity (Wildman–Crippen MR) is 94.0 cm³/mol. The Bertz CT molecular complexity index is 933. The zero-order valence-corrected chi connectivity index (χ0v) is 14.6. The van der Waals surface area contributed by atoms with E-state index in [1.165, 1.54) is 0 Å². The van der Waals surface area contributed by atoms with E-state index in [1.807, 2.05) is 38.2 Å². The lowest BCUT2D eigenvalue weighted by Crippen LogP contribution is -2.56. The van der Waals surface area contributed by atoms with Crippen molar-refractivity contribution < 1.29 is 9.90 Å². The molecule has 1 saturated carbocycles. The topological polar surface area (TPSA) is 97.9 Å². The van der Waals surface area contributed by atoms with Crippen molar-refractivity contribution in [1.29, 1.82) is 0 Å². The number of aliphatic hydroxyl groups is 1. The lowest BCUT2D eigenvalue weighted by atomic mass is 9.82. The van der Waals surface area contributed by atoms with Crippen LogP contribution < -0.4 is 5.32 Å². The summed E-state index contributed by atoms with van der Waals surface area (Å²) in [6.45, 7) is 3.88. The second-order valence-corrected chi connectivity index (χ2v) is 6.76. The molecule has 1 fully saturated rings. The molecule has 26 heavy (non-hydrogen) atoms. The molecule has 0 unspecified atom stereocenters. The van der Waals surface area contributed by atoms with E-state index < -0.39 is 6.10 Å². The van der Waals surface area contributed by atoms with E-state index in [2.05, 4.69) is 20.6 Å². The third kappa shape index (κ3) is 2.88. The summed E-state index contributed by atoms with van der Waals surface area (Å²) in [5, 5.41) is 25.1. The number of rotatable bonds is 4. The molecular weight excluding hydrogens is 332 g/mol. The van der Waals surface area contributed by atoms with Gasteiger partial charge in [0.2, 0.25) is 0 Å². The van der Waals surface area contributed by atoms with Gasteiger partial charge in [0.15, 0.2) is 0 Å². The van der Waals surface area contributed by atoms with Crippen molar-refractivity contribution in [2.24, 2.45) is 0 Å². The Labute approximate surface area is 150 Å². The fraction of sp³-hybridized carbons (Fsp3) is 0.333. The quantitative estimate of drug-likeness (QED) is 0.735. The summed E-state index contributed by atoms with van der Waals surface area (Å²) in [6, 6.07) is 5.22. The van der Waals surface area contributed by atoms with Gasteiger partial charge >= 0.3 is 0 Å². The highest BCUT2D eigenvalue weighted by atomic mass is 16.3. The molecule has 0 spiro atoms. The molecule has 1 amide bonds. The molecule has 0 bridgehead atoms. The fourth-order valence-corrected chi connectivity index (χ4v) is 3.34. The lowest BCUT2D eigenvalue weighted by Gasteiger charge is -2.41. The molecule has 1 aromatic carbocycles. The van der Waals surface area contributed by atoms with Gasteiger partial charge in [-0.05, 0) is 38.0 Å². The van der Waals surface area contributed by atoms with Crippen LogP contribution in [0.25, 0.3) is 5.69 Å². The van der Waals surface area contributed by atoms with Gasteiger partial charge in [0.05, 0.1) is 35.6 Å². The second kappa shape index (κ2) is 6.38. The maximum atomic E-state index is 12.9. The van der Waals surface area contributed by atoms with E-state index >= 15 is 0 Å². The van der Waals surface area contributed by atoms with Crippen LogP contribution in [0.3, 0.4) is 0 Å². The number of nitrogens with zero attached hydrogens (tertiary/aromatic N) is 5. The molecule has 2 aromatic heterocycles. The summed E-state index contributed by atoms with van der Waals surface area (Å²) in [4.78, 5) is 12.9. The summed E-state index contributed by atoms with van der Waals surface area (Å²) < 4.78 is 3.43. The first-order valence-electron chi connectivity index (χ1n) is 8.48. The number of hydrogen-bond donors (Lipinski definition) is 2. The Morgan fingerprint density at radius 1 is 1.23 bits per heavy atom. The molecule has 4 rings (SSSR count). The molecule has 0 aliphatic heterocycles. The molecule has 134 valence electrons. The number of hydrogen-bond acceptors (Lipinski definition) is 5. The normalized spacial score (nSPS) is 22.0. The van der Waals surface area contributed by atoms with E-state index in [0.717, 1.165) is 11.1 Å². The zero-order valence-electron chi connectivity index (χ0n) is 14.6. The summed E-state index contributed by atoms with van der Waals surface area (Å²) in [6.07, 6.45) is 6.72. The van der Waals surface area contributed by atoms with Crippen molar-refractivity contribution in [3.63, 3.8) is 0 Å². The minimum atomic E-state index is -0.519. The molecule has 8 heteroatoms. The van der Waals surface area contributed by atoms with Gasteiger partial charge < -0.3 is 10.4 Å². The van der Waals surface area contributed by atoms with Crippen molar-refractivity contribution in [2.75, 3.05) is 0 Å². The number of aromatic nitrogens is 5. The van der Waals surface area contributed by atoms with Gasteiger partial charge in [-0.2, -0.15) is 5.10 Å². The summed E-state index contributed by atoms with van der Waals surface area (Å²) in [5.41, 5.74) is 3.26. The maximum absolute atomic E-state index is 12.9. The van der Waals surface area contributed by atoms with Gasteiger partial charge in [0.1, 0.15) is 12.7 Å². The van der Waals surface area contributed by atoms with Gasteiger partial charge in [0.25, 0.3) is 5.91 Å². The predicted octanol–water partition coefficient (Wildman–Crippen LogP) is 1.18. The molecule has 1 aliphatic rings. The van der Waals surface area contributed by atoms with Crippen LogP contribution in [0.15, 0.2) is 43.2 Å². The Morgan fingerprint density at radius 2 is 2.00 bits per heavy atom. The maximum Gasteiger partial charge on any atom is 0.253 e. The highest BCUT2D eigenvalue weighted by Crippen LogP contribution is 2.33. The second-order valence-electron chi connectivity index (χ2n) is 6.76. The molecule has 0 radical (unpaired) electrons. The number of aliphatic hydroxyl groups excluding tert-OH is 1. The van der Waals surface area contributed by atoms with E-state index in [4.69, 9.17) is 0 Å². The van der Waals surface area contributed by atoms with Crippen LogP contribution in [0.4, 0.5) is 0 Å². The third-order valence-corrected chi connectivity index (χ3v) is 4.75. The van der Waals surface area contributed by atoms with Crippen LogP contribution in [0.1, 0.15) is 33.9 Å². The number of amides is 1. The Morgan fingerprint density at radius 3 is 2.65 bits per heavy atom. The van der Waals surface area contributed by atoms with E-state index in [9.17, 15) is 9.90 Å². The first-order chi connectivity index (χ1) is 12.5. The zero-order chi connectivity index (χ0) is 18.3. The Balaban J connectivity index is 1.58. The summed E-state index contributed by atoms with van der Waals surface area (Å²) >= 11 is 0. The van der Waals surface area contributed by atoms with Gasteiger partial charge in [-0.25, -0.2) is 0 Å². The highest BCUT2D eigenvalue weighted by molar-refractivity contribution is 5.98. The van der Waals surface area contributed by atoms with Crippen LogP contribution in [-0.2, 0) is 0 Å². The van der Waals surface area contributed by atoms with Gasteiger partial charge in [-0.3, -0.25) is 14.0 Å². The van der Waals surface area contributed by atoms with Gasteiger partial charge in [-0.1, -0.05) is 11.6 Å². The van der Waals surface area contributed by atoms with Crippen molar-refractivity contribution in [3.05, 3.63) is 59.9 Å². The van der Waals surface area contributed by atoms with Crippen molar-refractivity contribution in [3.8, 4) is 5.69 Å². The van der Waals surface area contributed by atoms with E-state index in [0.29, 0.717) is 17.7 Å². The first kappa shape index (κ1) is 16.5.